The van der Waals surface area contributed by atoms with Gasteiger partial charge in [-0.05, 0) is 35.4 Å². The molecule has 1 N–H and O–H groups in total. The topological polar surface area (TPSA) is 33.4 Å². The number of rotatable bonds is 2. The zero-order valence-electron chi connectivity index (χ0n) is 9.38. The van der Waals surface area contributed by atoms with Gasteiger partial charge in [-0.25, -0.2) is 0 Å². The molecule has 17 heavy (non-hydrogen) atoms. The van der Waals surface area contributed by atoms with Crippen molar-refractivity contribution in [1.29, 1.82) is 0 Å². The van der Waals surface area contributed by atoms with E-state index in [4.69, 9.17) is 4.42 Å². The molecule has 1 atom stereocenters. The third-order valence-electron chi connectivity index (χ3n) is 2.90. The van der Waals surface area contributed by atoms with E-state index in [9.17, 15) is 5.11 Å². The van der Waals surface area contributed by atoms with Gasteiger partial charge in [-0.15, -0.1) is 0 Å². The minimum Gasteiger partial charge on any atom is -0.458 e. The number of aliphatic hydroxyl groups excluding tert-OH is 1. The van der Waals surface area contributed by atoms with Gasteiger partial charge in [0.15, 0.2) is 0 Å². The standard InChI is InChI=1S/C14H12O2S/c1-9-7-17-8-11(9)14(15)13-6-10-4-2-3-5-12(10)16-13/h2-8,14-15H,1H3. The number of hydrogen-bond donors (Lipinski definition) is 1. The zero-order chi connectivity index (χ0) is 11.8. The van der Waals surface area contributed by atoms with Crippen molar-refractivity contribution in [1.82, 2.24) is 0 Å². The smallest absolute Gasteiger partial charge is 0.138 e. The van der Waals surface area contributed by atoms with Gasteiger partial charge in [0.05, 0.1) is 0 Å². The van der Waals surface area contributed by atoms with Crippen molar-refractivity contribution in [3.05, 3.63) is 58.0 Å². The van der Waals surface area contributed by atoms with E-state index in [1.165, 1.54) is 0 Å². The Hall–Kier alpha value is -1.58. The summed E-state index contributed by atoms with van der Waals surface area (Å²) in [4.78, 5) is 0. The highest BCUT2D eigenvalue weighted by molar-refractivity contribution is 7.08. The van der Waals surface area contributed by atoms with Gasteiger partial charge in [-0.3, -0.25) is 0 Å². The third kappa shape index (κ3) is 1.77. The Morgan fingerprint density at radius 1 is 1.24 bits per heavy atom. The predicted molar refractivity (Wildman–Crippen MR) is 69.3 cm³/mol. The van der Waals surface area contributed by atoms with Gasteiger partial charge in [0, 0.05) is 10.9 Å². The van der Waals surface area contributed by atoms with Crippen molar-refractivity contribution in [2.75, 3.05) is 0 Å². The zero-order valence-corrected chi connectivity index (χ0v) is 10.2. The minimum atomic E-state index is -0.673. The molecule has 0 fully saturated rings. The molecule has 3 aromatic rings. The molecular weight excluding hydrogens is 232 g/mol. The lowest BCUT2D eigenvalue weighted by atomic mass is 10.1. The monoisotopic (exact) mass is 244 g/mol. The quantitative estimate of drug-likeness (QED) is 0.742. The van der Waals surface area contributed by atoms with Gasteiger partial charge in [0.1, 0.15) is 17.4 Å². The highest BCUT2D eigenvalue weighted by Gasteiger charge is 2.17. The molecule has 2 heterocycles. The van der Waals surface area contributed by atoms with Crippen LogP contribution < -0.4 is 0 Å². The average molecular weight is 244 g/mol. The molecule has 86 valence electrons. The molecule has 0 aliphatic rings. The highest BCUT2D eigenvalue weighted by Crippen LogP contribution is 2.31. The van der Waals surface area contributed by atoms with E-state index in [0.717, 1.165) is 22.1 Å². The van der Waals surface area contributed by atoms with Crippen LogP contribution in [0.2, 0.25) is 0 Å². The molecule has 3 rings (SSSR count). The van der Waals surface area contributed by atoms with Crippen molar-refractivity contribution in [3.8, 4) is 0 Å². The van der Waals surface area contributed by atoms with Crippen LogP contribution in [0.1, 0.15) is 23.0 Å². The Morgan fingerprint density at radius 3 is 2.76 bits per heavy atom. The minimum absolute atomic E-state index is 0.604. The van der Waals surface area contributed by atoms with Crippen molar-refractivity contribution in [2.45, 2.75) is 13.0 Å². The first-order valence-electron chi connectivity index (χ1n) is 5.45. The Balaban J connectivity index is 2.07. The van der Waals surface area contributed by atoms with Gasteiger partial charge in [0.25, 0.3) is 0 Å². The first-order chi connectivity index (χ1) is 8.25. The van der Waals surface area contributed by atoms with Crippen LogP contribution in [0.15, 0.2) is 45.5 Å². The molecule has 0 amide bonds. The fourth-order valence-electron chi connectivity index (χ4n) is 1.94. The number of fused-ring (bicyclic) bond motifs is 1. The van der Waals surface area contributed by atoms with Crippen LogP contribution >= 0.6 is 11.3 Å². The molecule has 2 aromatic heterocycles. The number of aryl methyl sites for hydroxylation is 1. The van der Waals surface area contributed by atoms with E-state index in [1.54, 1.807) is 11.3 Å². The van der Waals surface area contributed by atoms with Crippen molar-refractivity contribution in [3.63, 3.8) is 0 Å². The summed E-state index contributed by atoms with van der Waals surface area (Å²) in [6, 6.07) is 9.68. The Labute approximate surface area is 103 Å². The predicted octanol–water partition coefficient (Wildman–Crippen LogP) is 3.88. The maximum Gasteiger partial charge on any atom is 0.138 e. The van der Waals surface area contributed by atoms with Crippen molar-refractivity contribution >= 4 is 22.3 Å². The summed E-state index contributed by atoms with van der Waals surface area (Å²) in [7, 11) is 0. The Kier molecular flexibility index (Phi) is 2.50. The largest absolute Gasteiger partial charge is 0.458 e. The van der Waals surface area contributed by atoms with Crippen LogP contribution in [-0.4, -0.2) is 5.11 Å². The highest BCUT2D eigenvalue weighted by atomic mass is 32.1. The lowest BCUT2D eigenvalue weighted by molar-refractivity contribution is 0.192. The summed E-state index contributed by atoms with van der Waals surface area (Å²) < 4.78 is 5.66. The summed E-state index contributed by atoms with van der Waals surface area (Å²) in [5.74, 6) is 0.604. The van der Waals surface area contributed by atoms with E-state index in [-0.39, 0.29) is 0 Å². The van der Waals surface area contributed by atoms with E-state index < -0.39 is 6.10 Å². The summed E-state index contributed by atoms with van der Waals surface area (Å²) >= 11 is 1.59. The number of furan rings is 1. The molecule has 0 saturated heterocycles. The van der Waals surface area contributed by atoms with Gasteiger partial charge in [-0.2, -0.15) is 11.3 Å². The fourth-order valence-corrected chi connectivity index (χ4v) is 2.81. The van der Waals surface area contributed by atoms with E-state index in [1.807, 2.05) is 48.0 Å². The number of aliphatic hydroxyl groups is 1. The number of hydrogen-bond acceptors (Lipinski definition) is 3. The molecule has 0 spiro atoms. The van der Waals surface area contributed by atoms with E-state index >= 15 is 0 Å². The molecule has 0 saturated carbocycles. The van der Waals surface area contributed by atoms with Crippen LogP contribution in [0, 0.1) is 6.92 Å². The fraction of sp³-hybridized carbons (Fsp3) is 0.143. The van der Waals surface area contributed by atoms with Crippen LogP contribution in [-0.2, 0) is 0 Å². The van der Waals surface area contributed by atoms with Gasteiger partial charge in [0.2, 0.25) is 0 Å². The maximum absolute atomic E-state index is 10.3. The maximum atomic E-state index is 10.3. The lowest BCUT2D eigenvalue weighted by Gasteiger charge is -2.06. The molecule has 2 nitrogen and oxygen atoms in total. The summed E-state index contributed by atoms with van der Waals surface area (Å²) in [5.41, 5.74) is 2.84. The SMILES string of the molecule is Cc1cscc1C(O)c1cc2ccccc2o1. The molecule has 3 heteroatoms. The first-order valence-corrected chi connectivity index (χ1v) is 6.39. The second-order valence-electron chi connectivity index (χ2n) is 4.10. The lowest BCUT2D eigenvalue weighted by Crippen LogP contribution is -1.97. The van der Waals surface area contributed by atoms with E-state index in [0.29, 0.717) is 5.76 Å². The molecule has 0 aliphatic carbocycles. The molecule has 0 radical (unpaired) electrons. The third-order valence-corrected chi connectivity index (χ3v) is 3.78. The summed E-state index contributed by atoms with van der Waals surface area (Å²) in [6.45, 7) is 2.00. The first kappa shape index (κ1) is 10.6. The average Bonchev–Trinajstić information content (AvgIpc) is 2.93. The number of para-hydroxylation sites is 1. The summed E-state index contributed by atoms with van der Waals surface area (Å²) in [5, 5.41) is 15.3. The molecule has 0 bridgehead atoms. The Bertz CT molecular complexity index is 618. The van der Waals surface area contributed by atoms with Crippen molar-refractivity contribution in [2.24, 2.45) is 0 Å². The summed E-state index contributed by atoms with van der Waals surface area (Å²) in [6.07, 6.45) is -0.673. The molecular formula is C14H12O2S. The second-order valence-corrected chi connectivity index (χ2v) is 4.84. The number of benzene rings is 1. The molecule has 0 aliphatic heterocycles. The normalized spacial score (nSPS) is 13.1. The Morgan fingerprint density at radius 2 is 2.06 bits per heavy atom. The van der Waals surface area contributed by atoms with Crippen LogP contribution in [0.4, 0.5) is 0 Å². The van der Waals surface area contributed by atoms with Crippen LogP contribution in [0.3, 0.4) is 0 Å². The van der Waals surface area contributed by atoms with Crippen molar-refractivity contribution < 1.29 is 9.52 Å². The van der Waals surface area contributed by atoms with Gasteiger partial charge in [-0.1, -0.05) is 18.2 Å². The molecule has 1 unspecified atom stereocenters. The van der Waals surface area contributed by atoms with Crippen LogP contribution in [0.25, 0.3) is 11.0 Å². The van der Waals surface area contributed by atoms with Crippen LogP contribution in [0.5, 0.6) is 0 Å². The second kappa shape index (κ2) is 4.02. The molecule has 1 aromatic carbocycles. The van der Waals surface area contributed by atoms with Gasteiger partial charge < -0.3 is 9.52 Å². The number of thiophene rings is 1. The van der Waals surface area contributed by atoms with Gasteiger partial charge >= 0.3 is 0 Å². The van der Waals surface area contributed by atoms with E-state index in [2.05, 4.69) is 0 Å².